The van der Waals surface area contributed by atoms with Gasteiger partial charge in [0.2, 0.25) is 0 Å². The minimum absolute atomic E-state index is 0. The SMILES string of the molecule is CCOc1ccc(OCC)c(NC(N)=NCc2ccn(-c3ccc(F)cc3)n2)c1.I. The van der Waals surface area contributed by atoms with Crippen molar-refractivity contribution in [2.24, 2.45) is 10.7 Å². The Bertz CT molecular complexity index is 976. The van der Waals surface area contributed by atoms with Crippen LogP contribution >= 0.6 is 24.0 Å². The Morgan fingerprint density at radius 3 is 2.53 bits per heavy atom. The van der Waals surface area contributed by atoms with E-state index in [9.17, 15) is 4.39 Å². The van der Waals surface area contributed by atoms with Crippen LogP contribution in [-0.2, 0) is 6.54 Å². The highest BCUT2D eigenvalue weighted by molar-refractivity contribution is 14.0. The van der Waals surface area contributed by atoms with Gasteiger partial charge in [-0.15, -0.1) is 24.0 Å². The van der Waals surface area contributed by atoms with Crippen molar-refractivity contribution in [1.29, 1.82) is 0 Å². The molecule has 0 bridgehead atoms. The van der Waals surface area contributed by atoms with Crippen molar-refractivity contribution in [3.8, 4) is 17.2 Å². The molecule has 0 atom stereocenters. The van der Waals surface area contributed by atoms with Crippen molar-refractivity contribution in [2.45, 2.75) is 20.4 Å². The van der Waals surface area contributed by atoms with Crippen LogP contribution in [0.15, 0.2) is 59.7 Å². The summed E-state index contributed by atoms with van der Waals surface area (Å²) in [5.74, 6) is 1.32. The van der Waals surface area contributed by atoms with Crippen LogP contribution in [0.1, 0.15) is 19.5 Å². The maximum Gasteiger partial charge on any atom is 0.193 e. The van der Waals surface area contributed by atoms with E-state index in [4.69, 9.17) is 15.2 Å². The number of nitrogens with zero attached hydrogens (tertiary/aromatic N) is 3. The highest BCUT2D eigenvalue weighted by Gasteiger charge is 2.08. The van der Waals surface area contributed by atoms with E-state index < -0.39 is 0 Å². The number of guanidine groups is 1. The van der Waals surface area contributed by atoms with Crippen LogP contribution in [0.3, 0.4) is 0 Å². The molecule has 3 N–H and O–H groups in total. The number of hydrogen-bond donors (Lipinski definition) is 2. The van der Waals surface area contributed by atoms with Crippen LogP contribution in [0, 0.1) is 5.82 Å². The summed E-state index contributed by atoms with van der Waals surface area (Å²) in [4.78, 5) is 4.34. The molecule has 0 spiro atoms. The molecule has 1 aromatic heterocycles. The van der Waals surface area contributed by atoms with Crippen molar-refractivity contribution in [3.05, 3.63) is 66.2 Å². The molecular formula is C21H25FIN5O2. The fraction of sp³-hybridized carbons (Fsp3) is 0.238. The van der Waals surface area contributed by atoms with Gasteiger partial charge in [0.05, 0.1) is 36.8 Å². The molecule has 3 rings (SSSR count). The van der Waals surface area contributed by atoms with Crippen molar-refractivity contribution in [2.75, 3.05) is 18.5 Å². The number of aromatic nitrogens is 2. The van der Waals surface area contributed by atoms with Gasteiger partial charge in [0.25, 0.3) is 0 Å². The van der Waals surface area contributed by atoms with E-state index in [1.165, 1.54) is 12.1 Å². The average Bonchev–Trinajstić information content (AvgIpc) is 3.18. The maximum atomic E-state index is 13.1. The van der Waals surface area contributed by atoms with Gasteiger partial charge in [-0.25, -0.2) is 14.1 Å². The lowest BCUT2D eigenvalue weighted by atomic mass is 10.2. The number of ether oxygens (including phenoxy) is 2. The van der Waals surface area contributed by atoms with Crippen LogP contribution in [0.2, 0.25) is 0 Å². The molecule has 2 aromatic carbocycles. The second-order valence-corrected chi connectivity index (χ2v) is 6.08. The number of benzene rings is 2. The minimum atomic E-state index is -0.288. The first-order valence-corrected chi connectivity index (χ1v) is 9.36. The van der Waals surface area contributed by atoms with Crippen LogP contribution in [0.5, 0.6) is 11.5 Å². The van der Waals surface area contributed by atoms with Crippen molar-refractivity contribution in [1.82, 2.24) is 9.78 Å². The fourth-order valence-electron chi connectivity index (χ4n) is 2.67. The smallest absolute Gasteiger partial charge is 0.193 e. The minimum Gasteiger partial charge on any atom is -0.494 e. The average molecular weight is 525 g/mol. The standard InChI is InChI=1S/C21H24FN5O2.HI/c1-3-28-18-9-10-20(29-4-2)19(13-18)25-21(23)24-14-16-11-12-27(26-16)17-7-5-15(22)6-8-17;/h5-13H,3-4,14H2,1-2H3,(H3,23,24,25);1H. The molecule has 3 aromatic rings. The summed E-state index contributed by atoms with van der Waals surface area (Å²) in [5, 5.41) is 7.49. The summed E-state index contributed by atoms with van der Waals surface area (Å²) in [7, 11) is 0. The van der Waals surface area contributed by atoms with E-state index in [-0.39, 0.29) is 35.8 Å². The van der Waals surface area contributed by atoms with E-state index in [1.54, 1.807) is 23.0 Å². The van der Waals surface area contributed by atoms with Gasteiger partial charge in [0, 0.05) is 12.3 Å². The number of rotatable bonds is 8. The Morgan fingerprint density at radius 2 is 1.83 bits per heavy atom. The molecule has 0 aliphatic rings. The van der Waals surface area contributed by atoms with Crippen LogP contribution in [0.4, 0.5) is 10.1 Å². The van der Waals surface area contributed by atoms with Gasteiger partial charge < -0.3 is 20.5 Å². The molecule has 0 aliphatic heterocycles. The first-order valence-electron chi connectivity index (χ1n) is 9.36. The van der Waals surface area contributed by atoms with E-state index in [2.05, 4.69) is 15.4 Å². The van der Waals surface area contributed by atoms with Crippen LogP contribution < -0.4 is 20.5 Å². The lowest BCUT2D eigenvalue weighted by molar-refractivity contribution is 0.332. The fourth-order valence-corrected chi connectivity index (χ4v) is 2.67. The number of anilines is 1. The highest BCUT2D eigenvalue weighted by Crippen LogP contribution is 2.29. The van der Waals surface area contributed by atoms with Crippen molar-refractivity contribution < 1.29 is 13.9 Å². The molecule has 7 nitrogen and oxygen atoms in total. The molecule has 9 heteroatoms. The third kappa shape index (κ3) is 6.34. The number of halogens is 2. The van der Waals surface area contributed by atoms with E-state index in [1.807, 2.05) is 38.1 Å². The predicted octanol–water partition coefficient (Wildman–Crippen LogP) is 4.35. The summed E-state index contributed by atoms with van der Waals surface area (Å²) in [6.07, 6.45) is 1.79. The second-order valence-electron chi connectivity index (χ2n) is 6.08. The Kier molecular flexibility index (Phi) is 8.90. The van der Waals surface area contributed by atoms with Gasteiger partial charge in [-0.1, -0.05) is 0 Å². The van der Waals surface area contributed by atoms with Gasteiger partial charge in [0.15, 0.2) is 5.96 Å². The topological polar surface area (TPSA) is 86.7 Å². The zero-order valence-electron chi connectivity index (χ0n) is 16.8. The molecule has 1 heterocycles. The Balaban J connectivity index is 0.00000320. The van der Waals surface area contributed by atoms with Crippen LogP contribution in [0.25, 0.3) is 5.69 Å². The second kappa shape index (κ2) is 11.4. The highest BCUT2D eigenvalue weighted by atomic mass is 127. The zero-order valence-corrected chi connectivity index (χ0v) is 19.2. The quantitative estimate of drug-likeness (QED) is 0.260. The molecule has 0 fully saturated rings. The predicted molar refractivity (Wildman–Crippen MR) is 127 cm³/mol. The van der Waals surface area contributed by atoms with Gasteiger partial charge in [-0.2, -0.15) is 5.10 Å². The van der Waals surface area contributed by atoms with E-state index >= 15 is 0 Å². The molecule has 0 saturated heterocycles. The van der Waals surface area contributed by atoms with Crippen molar-refractivity contribution in [3.63, 3.8) is 0 Å². The summed E-state index contributed by atoms with van der Waals surface area (Å²) in [6, 6.07) is 13.4. The molecular weight excluding hydrogens is 500 g/mol. The number of hydrogen-bond acceptors (Lipinski definition) is 4. The van der Waals surface area contributed by atoms with Crippen LogP contribution in [-0.4, -0.2) is 29.0 Å². The zero-order chi connectivity index (χ0) is 20.6. The van der Waals surface area contributed by atoms with Gasteiger partial charge in [-0.05, 0) is 56.3 Å². The first-order chi connectivity index (χ1) is 14.1. The van der Waals surface area contributed by atoms with E-state index in [0.717, 1.165) is 11.4 Å². The van der Waals surface area contributed by atoms with Gasteiger partial charge in [0.1, 0.15) is 17.3 Å². The van der Waals surface area contributed by atoms with Gasteiger partial charge >= 0.3 is 0 Å². The third-order valence-electron chi connectivity index (χ3n) is 3.97. The van der Waals surface area contributed by atoms with Gasteiger partial charge in [-0.3, -0.25) is 0 Å². The molecule has 0 saturated carbocycles. The summed E-state index contributed by atoms with van der Waals surface area (Å²) in [5.41, 5.74) is 8.21. The Hall–Kier alpha value is -2.82. The molecule has 0 radical (unpaired) electrons. The third-order valence-corrected chi connectivity index (χ3v) is 3.97. The lowest BCUT2D eigenvalue weighted by Gasteiger charge is -2.13. The summed E-state index contributed by atoms with van der Waals surface area (Å²) < 4.78 is 25.9. The van der Waals surface area contributed by atoms with E-state index in [0.29, 0.717) is 36.9 Å². The molecule has 0 amide bonds. The summed E-state index contributed by atoms with van der Waals surface area (Å²) in [6.45, 7) is 5.22. The number of nitrogens with one attached hydrogen (secondary N) is 1. The monoisotopic (exact) mass is 525 g/mol. The Morgan fingerprint density at radius 1 is 1.10 bits per heavy atom. The lowest BCUT2D eigenvalue weighted by Crippen LogP contribution is -2.23. The Labute approximate surface area is 192 Å². The largest absolute Gasteiger partial charge is 0.494 e. The number of aliphatic imine (C=N–C) groups is 1. The molecule has 160 valence electrons. The molecule has 0 unspecified atom stereocenters. The maximum absolute atomic E-state index is 13.1. The normalized spacial score (nSPS) is 11.0. The summed E-state index contributed by atoms with van der Waals surface area (Å²) >= 11 is 0. The molecule has 0 aliphatic carbocycles. The van der Waals surface area contributed by atoms with Crippen molar-refractivity contribution >= 4 is 35.6 Å². The first kappa shape index (κ1) is 23.5. The molecule has 30 heavy (non-hydrogen) atoms. The number of nitrogens with two attached hydrogens (primary N) is 1.